The summed E-state index contributed by atoms with van der Waals surface area (Å²) in [7, 11) is -4.11. The van der Waals surface area contributed by atoms with Gasteiger partial charge in [-0.3, -0.25) is 13.9 Å². The zero-order valence-corrected chi connectivity index (χ0v) is 22.8. The summed E-state index contributed by atoms with van der Waals surface area (Å²) in [5.41, 5.74) is 2.25. The predicted molar refractivity (Wildman–Crippen MR) is 147 cm³/mol. The van der Waals surface area contributed by atoms with Crippen molar-refractivity contribution in [2.24, 2.45) is 0 Å². The molecule has 0 fully saturated rings. The number of nitrogens with one attached hydrogen (secondary N) is 1. The van der Waals surface area contributed by atoms with Crippen LogP contribution in [0.3, 0.4) is 0 Å². The molecular weight excluding hydrogens is 510 g/mol. The summed E-state index contributed by atoms with van der Waals surface area (Å²) in [6.45, 7) is 5.72. The molecule has 3 aromatic carbocycles. The lowest BCUT2D eigenvalue weighted by molar-refractivity contribution is -0.140. The Kier molecular flexibility index (Phi) is 9.72. The van der Waals surface area contributed by atoms with E-state index < -0.39 is 28.5 Å². The number of sulfonamides is 1. The van der Waals surface area contributed by atoms with Crippen molar-refractivity contribution in [1.29, 1.82) is 0 Å². The van der Waals surface area contributed by atoms with E-state index in [2.05, 4.69) is 5.32 Å². The first kappa shape index (κ1) is 28.2. The second-order valence-electron chi connectivity index (χ2n) is 8.63. The van der Waals surface area contributed by atoms with E-state index in [0.29, 0.717) is 23.7 Å². The Morgan fingerprint density at radius 2 is 1.54 bits per heavy atom. The monoisotopic (exact) mass is 541 g/mol. The van der Waals surface area contributed by atoms with Crippen molar-refractivity contribution in [3.05, 3.63) is 95.0 Å². The molecule has 0 aliphatic heterocycles. The Morgan fingerprint density at radius 3 is 2.11 bits per heavy atom. The minimum Gasteiger partial charge on any atom is -0.355 e. The molecular formula is C28H32ClN3O4S. The van der Waals surface area contributed by atoms with Gasteiger partial charge in [0.1, 0.15) is 12.6 Å². The van der Waals surface area contributed by atoms with E-state index in [1.165, 1.54) is 29.2 Å². The maximum Gasteiger partial charge on any atom is 0.264 e. The fourth-order valence-electron chi connectivity index (χ4n) is 3.96. The molecule has 0 bridgehead atoms. The number of likely N-dealkylation sites (N-methyl/N-ethyl adjacent to an activating group) is 1. The maximum atomic E-state index is 13.9. The Morgan fingerprint density at radius 1 is 0.919 bits per heavy atom. The molecule has 1 atom stereocenters. The fourth-order valence-corrected chi connectivity index (χ4v) is 5.50. The van der Waals surface area contributed by atoms with Gasteiger partial charge in [-0.25, -0.2) is 8.42 Å². The highest BCUT2D eigenvalue weighted by atomic mass is 35.5. The number of para-hydroxylation sites is 1. The number of benzene rings is 3. The number of carbonyl (C=O) groups is 2. The van der Waals surface area contributed by atoms with Crippen molar-refractivity contribution in [3.8, 4) is 0 Å². The van der Waals surface area contributed by atoms with Crippen LogP contribution in [-0.4, -0.2) is 44.3 Å². The zero-order chi connectivity index (χ0) is 27.0. The van der Waals surface area contributed by atoms with Crippen molar-refractivity contribution in [3.63, 3.8) is 0 Å². The Bertz CT molecular complexity index is 1300. The average molecular weight is 542 g/mol. The first-order valence-corrected chi connectivity index (χ1v) is 13.9. The van der Waals surface area contributed by atoms with Gasteiger partial charge in [0.15, 0.2) is 0 Å². The second-order valence-corrected chi connectivity index (χ2v) is 10.9. The van der Waals surface area contributed by atoms with E-state index in [1.807, 2.05) is 45.0 Å². The van der Waals surface area contributed by atoms with Crippen LogP contribution < -0.4 is 9.62 Å². The number of nitrogens with zero attached hydrogens (tertiary/aromatic N) is 2. The van der Waals surface area contributed by atoms with Gasteiger partial charge in [-0.05, 0) is 62.2 Å². The molecule has 0 aliphatic rings. The lowest BCUT2D eigenvalue weighted by Gasteiger charge is -2.33. The molecule has 1 N–H and O–H groups in total. The van der Waals surface area contributed by atoms with Crippen LogP contribution in [-0.2, 0) is 26.2 Å². The molecule has 9 heteroatoms. The molecule has 196 valence electrons. The lowest BCUT2D eigenvalue weighted by atomic mass is 10.1. The van der Waals surface area contributed by atoms with E-state index >= 15 is 0 Å². The number of anilines is 1. The van der Waals surface area contributed by atoms with Crippen molar-refractivity contribution >= 4 is 39.1 Å². The highest BCUT2D eigenvalue weighted by Crippen LogP contribution is 2.25. The van der Waals surface area contributed by atoms with E-state index in [-0.39, 0.29) is 17.3 Å². The summed E-state index contributed by atoms with van der Waals surface area (Å²) in [5, 5.41) is 3.20. The molecule has 0 saturated carbocycles. The molecule has 37 heavy (non-hydrogen) atoms. The molecule has 7 nitrogen and oxygen atoms in total. The molecule has 3 aromatic rings. The maximum absolute atomic E-state index is 13.9. The molecule has 0 aliphatic carbocycles. The average Bonchev–Trinajstić information content (AvgIpc) is 2.89. The smallest absolute Gasteiger partial charge is 0.264 e. The van der Waals surface area contributed by atoms with Gasteiger partial charge in [0.2, 0.25) is 11.8 Å². The summed E-state index contributed by atoms with van der Waals surface area (Å²) >= 11 is 5.97. The topological polar surface area (TPSA) is 86.8 Å². The number of rotatable bonds is 11. The highest BCUT2D eigenvalue weighted by molar-refractivity contribution is 7.92. The van der Waals surface area contributed by atoms with Crippen molar-refractivity contribution in [1.82, 2.24) is 10.2 Å². The van der Waals surface area contributed by atoms with Gasteiger partial charge < -0.3 is 10.2 Å². The highest BCUT2D eigenvalue weighted by Gasteiger charge is 2.33. The summed E-state index contributed by atoms with van der Waals surface area (Å²) in [5.74, 6) is -0.766. The normalized spacial score (nSPS) is 12.0. The van der Waals surface area contributed by atoms with Crippen molar-refractivity contribution < 1.29 is 18.0 Å². The van der Waals surface area contributed by atoms with Gasteiger partial charge in [0, 0.05) is 18.1 Å². The quantitative estimate of drug-likeness (QED) is 0.378. The molecule has 3 rings (SSSR count). The first-order chi connectivity index (χ1) is 17.7. The van der Waals surface area contributed by atoms with Crippen LogP contribution in [0, 0.1) is 6.92 Å². The molecule has 0 aromatic heterocycles. The zero-order valence-electron chi connectivity index (χ0n) is 21.2. The number of hydrogen-bond acceptors (Lipinski definition) is 4. The SMILES string of the molecule is CCNC(=O)[C@H](CC)N(Cc1ccc(C)cc1)C(=O)CN(c1ccccc1)S(=O)(=O)c1ccc(Cl)cc1. The fraction of sp³-hybridized carbons (Fsp3) is 0.286. The third-order valence-corrected chi connectivity index (χ3v) is 7.98. The van der Waals surface area contributed by atoms with Crippen LogP contribution in [0.15, 0.2) is 83.8 Å². The van der Waals surface area contributed by atoms with Gasteiger partial charge in [0.05, 0.1) is 10.6 Å². The van der Waals surface area contributed by atoms with Crippen molar-refractivity contribution in [2.45, 2.75) is 44.7 Å². The van der Waals surface area contributed by atoms with Gasteiger partial charge in [-0.1, -0.05) is 66.6 Å². The third kappa shape index (κ3) is 7.11. The lowest BCUT2D eigenvalue weighted by Crippen LogP contribution is -2.52. The Balaban J connectivity index is 2.02. The summed E-state index contributed by atoms with van der Waals surface area (Å²) in [6.07, 6.45) is 0.374. The number of aryl methyl sites for hydroxylation is 1. The van der Waals surface area contributed by atoms with Gasteiger partial charge in [0.25, 0.3) is 10.0 Å². The number of amides is 2. The van der Waals surface area contributed by atoms with Crippen LogP contribution in [0.5, 0.6) is 0 Å². The molecule has 0 radical (unpaired) electrons. The van der Waals surface area contributed by atoms with Gasteiger partial charge in [-0.2, -0.15) is 0 Å². The Hall–Kier alpha value is -3.36. The first-order valence-electron chi connectivity index (χ1n) is 12.1. The van der Waals surface area contributed by atoms with Crippen LogP contribution in [0.4, 0.5) is 5.69 Å². The van der Waals surface area contributed by atoms with E-state index in [1.54, 1.807) is 30.3 Å². The minimum atomic E-state index is -4.11. The summed E-state index contributed by atoms with van der Waals surface area (Å²) < 4.78 is 28.5. The minimum absolute atomic E-state index is 0.00871. The van der Waals surface area contributed by atoms with Crippen LogP contribution in [0.25, 0.3) is 0 Å². The van der Waals surface area contributed by atoms with E-state index in [0.717, 1.165) is 15.4 Å². The molecule has 0 unspecified atom stereocenters. The molecule has 0 heterocycles. The summed E-state index contributed by atoms with van der Waals surface area (Å²) in [4.78, 5) is 28.2. The van der Waals surface area contributed by atoms with Crippen LogP contribution >= 0.6 is 11.6 Å². The van der Waals surface area contributed by atoms with Gasteiger partial charge >= 0.3 is 0 Å². The summed E-state index contributed by atoms with van der Waals surface area (Å²) in [6, 6.07) is 21.2. The van der Waals surface area contributed by atoms with Crippen molar-refractivity contribution in [2.75, 3.05) is 17.4 Å². The van der Waals surface area contributed by atoms with E-state index in [4.69, 9.17) is 11.6 Å². The molecule has 0 spiro atoms. The number of halogens is 1. The number of carbonyl (C=O) groups excluding carboxylic acids is 2. The van der Waals surface area contributed by atoms with Crippen LogP contribution in [0.1, 0.15) is 31.4 Å². The molecule has 0 saturated heterocycles. The molecule has 2 amide bonds. The standard InChI is InChI=1S/C28H32ClN3O4S/c1-4-26(28(34)30-5-2)31(19-22-13-11-21(3)12-14-22)27(33)20-32(24-9-7-6-8-10-24)37(35,36)25-17-15-23(29)16-18-25/h6-18,26H,4-5,19-20H2,1-3H3,(H,30,34)/t26-/m0/s1. The third-order valence-electron chi connectivity index (χ3n) is 5.94. The second kappa shape index (κ2) is 12.7. The predicted octanol–water partition coefficient (Wildman–Crippen LogP) is 4.79. The Labute approximate surface area is 224 Å². The largest absolute Gasteiger partial charge is 0.355 e. The van der Waals surface area contributed by atoms with E-state index in [9.17, 15) is 18.0 Å². The van der Waals surface area contributed by atoms with Crippen LogP contribution in [0.2, 0.25) is 5.02 Å². The number of hydrogen-bond donors (Lipinski definition) is 1. The van der Waals surface area contributed by atoms with Gasteiger partial charge in [-0.15, -0.1) is 0 Å².